The highest BCUT2D eigenvalue weighted by Gasteiger charge is 1.90. The summed E-state index contributed by atoms with van der Waals surface area (Å²) < 4.78 is 0. The normalized spacial score (nSPS) is 11.7. The predicted molar refractivity (Wildman–Crippen MR) is 93.6 cm³/mol. The second kappa shape index (κ2) is 18.0. The maximum Gasteiger partial charge on any atom is 0.0414 e. The standard InChI is InChI=1S/C20H36O2/c1-2-3-4-5-6-7-8-9-10-11-12-13-14-15-16-17-18-19-20(21)22/h9-10,12-13H,2-8,11,14-19H2,1H3,(H,21,22)/p-1/b10-9+,13-12+. The minimum absolute atomic E-state index is 0.208. The van der Waals surface area contributed by atoms with E-state index in [1.165, 1.54) is 44.9 Å². The van der Waals surface area contributed by atoms with Crippen LogP contribution in [0.25, 0.3) is 0 Å². The van der Waals surface area contributed by atoms with Gasteiger partial charge in [-0.25, -0.2) is 0 Å². The fraction of sp³-hybridized carbons (Fsp3) is 0.750. The van der Waals surface area contributed by atoms with Gasteiger partial charge in [-0.2, -0.15) is 0 Å². The highest BCUT2D eigenvalue weighted by molar-refractivity contribution is 5.63. The van der Waals surface area contributed by atoms with Gasteiger partial charge in [-0.15, -0.1) is 0 Å². The van der Waals surface area contributed by atoms with Gasteiger partial charge >= 0.3 is 0 Å². The van der Waals surface area contributed by atoms with Crippen molar-refractivity contribution in [3.63, 3.8) is 0 Å². The van der Waals surface area contributed by atoms with E-state index < -0.39 is 5.97 Å². The summed E-state index contributed by atoms with van der Waals surface area (Å²) in [6, 6.07) is 0. The first-order valence-corrected chi connectivity index (χ1v) is 9.27. The van der Waals surface area contributed by atoms with Gasteiger partial charge in [-0.1, -0.05) is 76.2 Å². The first-order chi connectivity index (χ1) is 10.8. The molecule has 128 valence electrons. The molecule has 0 bridgehead atoms. The number of carbonyl (C=O) groups is 1. The number of rotatable bonds is 16. The van der Waals surface area contributed by atoms with E-state index in [1.54, 1.807) is 0 Å². The van der Waals surface area contributed by atoms with E-state index in [0.29, 0.717) is 0 Å². The Balaban J connectivity index is 3.19. The van der Waals surface area contributed by atoms with Gasteiger partial charge in [0, 0.05) is 5.97 Å². The van der Waals surface area contributed by atoms with Crippen molar-refractivity contribution in [1.29, 1.82) is 0 Å². The monoisotopic (exact) mass is 307 g/mol. The molecule has 0 aliphatic heterocycles. The molecule has 0 amide bonds. The Morgan fingerprint density at radius 2 is 1.23 bits per heavy atom. The second-order valence-electron chi connectivity index (χ2n) is 6.06. The van der Waals surface area contributed by atoms with E-state index >= 15 is 0 Å². The van der Waals surface area contributed by atoms with Gasteiger partial charge in [0.05, 0.1) is 0 Å². The summed E-state index contributed by atoms with van der Waals surface area (Å²) in [5.74, 6) is -0.923. The van der Waals surface area contributed by atoms with Crippen molar-refractivity contribution < 1.29 is 9.90 Å². The van der Waals surface area contributed by atoms with E-state index in [4.69, 9.17) is 0 Å². The zero-order chi connectivity index (χ0) is 16.3. The van der Waals surface area contributed by atoms with E-state index in [-0.39, 0.29) is 6.42 Å². The fourth-order valence-electron chi connectivity index (χ4n) is 2.43. The number of carbonyl (C=O) groups excluding carboxylic acids is 1. The van der Waals surface area contributed by atoms with Crippen molar-refractivity contribution in [3.05, 3.63) is 24.3 Å². The molecule has 0 saturated heterocycles. The topological polar surface area (TPSA) is 40.1 Å². The maximum atomic E-state index is 10.2. The van der Waals surface area contributed by atoms with Crippen LogP contribution in [0, 0.1) is 0 Å². The van der Waals surface area contributed by atoms with Crippen LogP contribution in [-0.4, -0.2) is 5.97 Å². The lowest BCUT2D eigenvalue weighted by atomic mass is 10.1. The lowest BCUT2D eigenvalue weighted by Gasteiger charge is -2.00. The van der Waals surface area contributed by atoms with Gasteiger partial charge in [0.15, 0.2) is 0 Å². The van der Waals surface area contributed by atoms with Crippen molar-refractivity contribution >= 4 is 5.97 Å². The van der Waals surface area contributed by atoms with E-state index in [9.17, 15) is 9.90 Å². The molecule has 0 aliphatic carbocycles. The first-order valence-electron chi connectivity index (χ1n) is 9.27. The molecule has 0 N–H and O–H groups in total. The molecule has 0 rings (SSSR count). The largest absolute Gasteiger partial charge is 0.550 e. The average molecular weight is 307 g/mol. The van der Waals surface area contributed by atoms with Crippen LogP contribution in [0.3, 0.4) is 0 Å². The third-order valence-electron chi connectivity index (χ3n) is 3.83. The Hall–Kier alpha value is -1.05. The molecule has 0 aromatic heterocycles. The van der Waals surface area contributed by atoms with E-state index in [1.807, 2.05) is 0 Å². The van der Waals surface area contributed by atoms with Gasteiger partial charge < -0.3 is 9.90 Å². The van der Waals surface area contributed by atoms with Crippen LogP contribution in [0.1, 0.15) is 96.8 Å². The van der Waals surface area contributed by atoms with Crippen molar-refractivity contribution in [1.82, 2.24) is 0 Å². The molecule has 0 aromatic rings. The molecule has 0 radical (unpaired) electrons. The van der Waals surface area contributed by atoms with Crippen LogP contribution in [0.15, 0.2) is 24.3 Å². The molecule has 0 unspecified atom stereocenters. The molecular formula is C20H35O2-. The molecule has 0 spiro atoms. The van der Waals surface area contributed by atoms with Crippen LogP contribution < -0.4 is 5.11 Å². The number of hydrogen-bond acceptors (Lipinski definition) is 2. The molecule has 0 aromatic carbocycles. The summed E-state index contributed by atoms with van der Waals surface area (Å²) in [4.78, 5) is 10.2. The molecule has 0 heterocycles. The molecular weight excluding hydrogens is 272 g/mol. The molecule has 0 saturated carbocycles. The summed E-state index contributed by atoms with van der Waals surface area (Å²) in [7, 11) is 0. The highest BCUT2D eigenvalue weighted by Crippen LogP contribution is 2.08. The smallest absolute Gasteiger partial charge is 0.0414 e. The van der Waals surface area contributed by atoms with Crippen LogP contribution in [0.5, 0.6) is 0 Å². The van der Waals surface area contributed by atoms with Crippen LogP contribution in [0.4, 0.5) is 0 Å². The minimum atomic E-state index is -0.923. The van der Waals surface area contributed by atoms with Crippen molar-refractivity contribution in [3.8, 4) is 0 Å². The summed E-state index contributed by atoms with van der Waals surface area (Å²) in [5, 5.41) is 10.2. The number of allylic oxidation sites excluding steroid dienone is 4. The molecule has 2 heteroatoms. The van der Waals surface area contributed by atoms with Crippen molar-refractivity contribution in [2.75, 3.05) is 0 Å². The zero-order valence-corrected chi connectivity index (χ0v) is 14.5. The molecule has 22 heavy (non-hydrogen) atoms. The van der Waals surface area contributed by atoms with Gasteiger partial charge in [0.2, 0.25) is 0 Å². The lowest BCUT2D eigenvalue weighted by Crippen LogP contribution is -2.21. The maximum absolute atomic E-state index is 10.2. The quantitative estimate of drug-likeness (QED) is 0.285. The Labute approximate surface area is 137 Å². The van der Waals surface area contributed by atoms with Crippen molar-refractivity contribution in [2.24, 2.45) is 0 Å². The molecule has 2 nitrogen and oxygen atoms in total. The van der Waals surface area contributed by atoms with Gasteiger partial charge in [-0.05, 0) is 44.9 Å². The summed E-state index contributed by atoms with van der Waals surface area (Å²) in [6.45, 7) is 2.26. The lowest BCUT2D eigenvalue weighted by molar-refractivity contribution is -0.305. The number of aliphatic carboxylic acids is 1. The van der Waals surface area contributed by atoms with E-state index in [0.717, 1.165) is 38.5 Å². The van der Waals surface area contributed by atoms with Crippen LogP contribution >= 0.6 is 0 Å². The molecule has 0 aliphatic rings. The second-order valence-corrected chi connectivity index (χ2v) is 6.06. The number of carboxylic acids is 1. The Morgan fingerprint density at radius 3 is 1.77 bits per heavy atom. The Kier molecular flexibility index (Phi) is 17.1. The van der Waals surface area contributed by atoms with Gasteiger partial charge in [0.1, 0.15) is 0 Å². The zero-order valence-electron chi connectivity index (χ0n) is 14.5. The first kappa shape index (κ1) is 20.9. The highest BCUT2D eigenvalue weighted by atomic mass is 16.4. The number of hydrogen-bond donors (Lipinski definition) is 0. The average Bonchev–Trinajstić information content (AvgIpc) is 2.50. The Morgan fingerprint density at radius 1 is 0.727 bits per heavy atom. The summed E-state index contributed by atoms with van der Waals surface area (Å²) >= 11 is 0. The van der Waals surface area contributed by atoms with Crippen molar-refractivity contribution in [2.45, 2.75) is 96.8 Å². The Bertz CT molecular complexity index is 292. The van der Waals surface area contributed by atoms with Crippen LogP contribution in [0.2, 0.25) is 0 Å². The number of carboxylic acid groups (broad SMARTS) is 1. The SMILES string of the molecule is CCCCCCCC/C=C/C/C=C/CCCCCCC(=O)[O-]. The van der Waals surface area contributed by atoms with E-state index in [2.05, 4.69) is 31.2 Å². The third kappa shape index (κ3) is 18.9. The van der Waals surface area contributed by atoms with Gasteiger partial charge in [-0.3, -0.25) is 0 Å². The van der Waals surface area contributed by atoms with Gasteiger partial charge in [0.25, 0.3) is 0 Å². The third-order valence-corrected chi connectivity index (χ3v) is 3.83. The van der Waals surface area contributed by atoms with Crippen LogP contribution in [-0.2, 0) is 4.79 Å². The minimum Gasteiger partial charge on any atom is -0.550 e. The molecule has 0 fully saturated rings. The fourth-order valence-corrected chi connectivity index (χ4v) is 2.43. The number of unbranched alkanes of at least 4 members (excludes halogenated alkanes) is 10. The summed E-state index contributed by atoms with van der Waals surface area (Å²) in [6.07, 6.45) is 24.9. The predicted octanol–water partition coefficient (Wildman–Crippen LogP) is 5.33. The molecule has 0 atom stereocenters. The summed E-state index contributed by atoms with van der Waals surface area (Å²) in [5.41, 5.74) is 0.